The topological polar surface area (TPSA) is 54.0 Å². The molecule has 1 aliphatic heterocycles. The van der Waals surface area contributed by atoms with E-state index in [0.29, 0.717) is 19.8 Å². The molecule has 0 aromatic heterocycles. The van der Waals surface area contributed by atoms with Crippen LogP contribution in [-0.4, -0.2) is 19.8 Å². The van der Waals surface area contributed by atoms with Crippen molar-refractivity contribution in [1.29, 1.82) is 0 Å². The van der Waals surface area contributed by atoms with Crippen molar-refractivity contribution in [2.45, 2.75) is 84.0 Å². The van der Waals surface area contributed by atoms with Gasteiger partial charge in [-0.05, 0) is 19.3 Å². The zero-order valence-electron chi connectivity index (χ0n) is 14.1. The van der Waals surface area contributed by atoms with E-state index in [2.05, 4.69) is 6.92 Å². The lowest BCUT2D eigenvalue weighted by molar-refractivity contribution is -0.226. The summed E-state index contributed by atoms with van der Waals surface area (Å²) in [6.07, 6.45) is 14.3. The third-order valence-corrected chi connectivity index (χ3v) is 5.05. The zero-order chi connectivity index (χ0) is 15.9. The highest BCUT2D eigenvalue weighted by molar-refractivity contribution is 7.48. The van der Waals surface area contributed by atoms with Crippen molar-refractivity contribution in [2.24, 2.45) is 0 Å². The van der Waals surface area contributed by atoms with E-state index in [-0.39, 0.29) is 0 Å². The Bertz CT molecular complexity index is 286. The van der Waals surface area contributed by atoms with Gasteiger partial charge in [0.05, 0.1) is 19.8 Å². The van der Waals surface area contributed by atoms with Gasteiger partial charge in [-0.15, -0.1) is 4.67 Å². The molecule has 0 aromatic rings. The lowest BCUT2D eigenvalue weighted by atomic mass is 10.1. The molecule has 0 saturated carbocycles. The first-order valence-corrected chi connectivity index (χ1v) is 10.4. The van der Waals surface area contributed by atoms with Crippen molar-refractivity contribution in [3.63, 3.8) is 0 Å². The number of unbranched alkanes of at least 4 members (excludes halogenated alkanes) is 9. The fourth-order valence-electron chi connectivity index (χ4n) is 2.39. The van der Waals surface area contributed by atoms with Gasteiger partial charge in [-0.25, -0.2) is 9.45 Å². The molecule has 1 rings (SSSR count). The molecule has 22 heavy (non-hydrogen) atoms. The first-order chi connectivity index (χ1) is 10.8. The molecule has 1 saturated heterocycles. The molecule has 1 aliphatic rings. The monoisotopic (exact) mass is 336 g/mol. The molecule has 6 heteroatoms. The van der Waals surface area contributed by atoms with Crippen molar-refractivity contribution < 1.29 is 23.2 Å². The summed E-state index contributed by atoms with van der Waals surface area (Å²) < 4.78 is 26.9. The second-order valence-corrected chi connectivity index (χ2v) is 7.46. The number of rotatable bonds is 13. The van der Waals surface area contributed by atoms with Crippen LogP contribution in [0.1, 0.15) is 84.0 Å². The van der Waals surface area contributed by atoms with Crippen LogP contribution in [0.5, 0.6) is 0 Å². The highest BCUT2D eigenvalue weighted by atomic mass is 31.2. The van der Waals surface area contributed by atoms with Crippen LogP contribution >= 0.6 is 7.82 Å². The van der Waals surface area contributed by atoms with Gasteiger partial charge in [0.15, 0.2) is 0 Å². The summed E-state index contributed by atoms with van der Waals surface area (Å²) in [5.41, 5.74) is 0. The largest absolute Gasteiger partial charge is 0.502 e. The Morgan fingerprint density at radius 2 is 1.32 bits per heavy atom. The van der Waals surface area contributed by atoms with E-state index in [1.807, 2.05) is 0 Å². The Labute approximate surface area is 135 Å². The van der Waals surface area contributed by atoms with Crippen LogP contribution < -0.4 is 0 Å². The predicted octanol–water partition coefficient (Wildman–Crippen LogP) is 5.79. The zero-order valence-corrected chi connectivity index (χ0v) is 15.0. The summed E-state index contributed by atoms with van der Waals surface area (Å²) in [6, 6.07) is 0. The first-order valence-electron chi connectivity index (χ1n) is 8.97. The molecule has 0 aromatic carbocycles. The van der Waals surface area contributed by atoms with E-state index >= 15 is 0 Å². The lowest BCUT2D eigenvalue weighted by Crippen LogP contribution is -2.00. The minimum Gasteiger partial charge on any atom is -0.285 e. The number of phosphoric ester groups is 1. The third-order valence-electron chi connectivity index (χ3n) is 3.76. The van der Waals surface area contributed by atoms with Crippen molar-refractivity contribution >= 4 is 7.82 Å². The minimum atomic E-state index is -3.46. The Balaban J connectivity index is 1.84. The Morgan fingerprint density at radius 1 is 0.818 bits per heavy atom. The fraction of sp³-hybridized carbons (Fsp3) is 1.00. The number of phosphoric acid groups is 1. The predicted molar refractivity (Wildman–Crippen MR) is 87.6 cm³/mol. The second kappa shape index (κ2) is 13.5. The van der Waals surface area contributed by atoms with Crippen LogP contribution in [0.4, 0.5) is 0 Å². The summed E-state index contributed by atoms with van der Waals surface area (Å²) in [6.45, 7) is 3.49. The Morgan fingerprint density at radius 3 is 1.86 bits per heavy atom. The summed E-state index contributed by atoms with van der Waals surface area (Å²) in [7, 11) is -3.46. The van der Waals surface area contributed by atoms with E-state index in [4.69, 9.17) is 18.6 Å². The number of hydrogen-bond acceptors (Lipinski definition) is 5. The van der Waals surface area contributed by atoms with Crippen LogP contribution in [0.2, 0.25) is 0 Å². The van der Waals surface area contributed by atoms with Crippen LogP contribution in [0.3, 0.4) is 0 Å². The summed E-state index contributed by atoms with van der Waals surface area (Å²) in [5, 5.41) is 0. The third kappa shape index (κ3) is 10.7. The average molecular weight is 336 g/mol. The van der Waals surface area contributed by atoms with Gasteiger partial charge in [-0.3, -0.25) is 9.05 Å². The second-order valence-electron chi connectivity index (χ2n) is 5.90. The molecule has 5 nitrogen and oxygen atoms in total. The van der Waals surface area contributed by atoms with Crippen molar-refractivity contribution in [2.75, 3.05) is 19.8 Å². The molecule has 0 bridgehead atoms. The molecule has 0 radical (unpaired) electrons. The standard InChI is InChI=1S/C16H33O5P/c1-2-3-4-5-6-7-8-9-10-11-14-18-21-22(17)19-15-12-13-16-20-22/h2-16H2,1H3. The Kier molecular flexibility index (Phi) is 12.3. The van der Waals surface area contributed by atoms with E-state index in [0.717, 1.165) is 25.7 Å². The molecule has 0 spiro atoms. The summed E-state index contributed by atoms with van der Waals surface area (Å²) in [5.74, 6) is 0. The maximum Gasteiger partial charge on any atom is 0.502 e. The fourth-order valence-corrected chi connectivity index (χ4v) is 3.46. The summed E-state index contributed by atoms with van der Waals surface area (Å²) >= 11 is 0. The lowest BCUT2D eigenvalue weighted by Gasteiger charge is -2.13. The van der Waals surface area contributed by atoms with Gasteiger partial charge in [-0.2, -0.15) is 0 Å². The van der Waals surface area contributed by atoms with Crippen LogP contribution in [0.25, 0.3) is 0 Å². The van der Waals surface area contributed by atoms with Crippen molar-refractivity contribution in [3.8, 4) is 0 Å². The van der Waals surface area contributed by atoms with Gasteiger partial charge in [0.1, 0.15) is 0 Å². The average Bonchev–Trinajstić information content (AvgIpc) is 2.73. The number of hydrogen-bond donors (Lipinski definition) is 0. The Hall–Kier alpha value is 0.0700. The van der Waals surface area contributed by atoms with Gasteiger partial charge >= 0.3 is 7.82 Å². The highest BCUT2D eigenvalue weighted by Gasteiger charge is 2.29. The van der Waals surface area contributed by atoms with Gasteiger partial charge in [0, 0.05) is 0 Å². The molecule has 0 aliphatic carbocycles. The smallest absolute Gasteiger partial charge is 0.285 e. The van der Waals surface area contributed by atoms with Gasteiger partial charge in [0.2, 0.25) is 0 Å². The molecular formula is C16H33O5P. The van der Waals surface area contributed by atoms with E-state index in [1.54, 1.807) is 0 Å². The SMILES string of the molecule is CCCCCCCCCCCCOOP1(=O)OCCCCO1. The quantitative estimate of drug-likeness (QED) is 0.184. The van der Waals surface area contributed by atoms with Crippen LogP contribution in [0, 0.1) is 0 Å². The molecular weight excluding hydrogens is 303 g/mol. The van der Waals surface area contributed by atoms with E-state index < -0.39 is 7.82 Å². The van der Waals surface area contributed by atoms with Gasteiger partial charge < -0.3 is 0 Å². The molecule has 1 heterocycles. The van der Waals surface area contributed by atoms with Crippen molar-refractivity contribution in [1.82, 2.24) is 0 Å². The van der Waals surface area contributed by atoms with E-state index in [1.165, 1.54) is 51.4 Å². The molecule has 0 amide bonds. The normalized spacial score (nSPS) is 18.2. The van der Waals surface area contributed by atoms with Gasteiger partial charge in [0.25, 0.3) is 0 Å². The van der Waals surface area contributed by atoms with Gasteiger partial charge in [-0.1, -0.05) is 64.7 Å². The van der Waals surface area contributed by atoms with E-state index in [9.17, 15) is 4.57 Å². The van der Waals surface area contributed by atoms with Crippen LogP contribution in [0.15, 0.2) is 0 Å². The van der Waals surface area contributed by atoms with Crippen LogP contribution in [-0.2, 0) is 23.2 Å². The molecule has 1 fully saturated rings. The molecule has 0 unspecified atom stereocenters. The maximum absolute atomic E-state index is 11.9. The maximum atomic E-state index is 11.9. The first kappa shape index (κ1) is 20.1. The molecule has 132 valence electrons. The van der Waals surface area contributed by atoms with Crippen molar-refractivity contribution in [3.05, 3.63) is 0 Å². The molecule has 0 atom stereocenters. The minimum absolute atomic E-state index is 0.402. The highest BCUT2D eigenvalue weighted by Crippen LogP contribution is 2.51. The molecule has 0 N–H and O–H groups in total. The summed E-state index contributed by atoms with van der Waals surface area (Å²) in [4.78, 5) is 4.99.